The average Bonchev–Trinajstić information content (AvgIpc) is 3.36. The quantitative estimate of drug-likeness (QED) is 0.151. The summed E-state index contributed by atoms with van der Waals surface area (Å²) in [7, 11) is 2.05. The third kappa shape index (κ3) is 6.52. The minimum atomic E-state index is -0.725. The molecular formula is C31H36N8O3. The van der Waals surface area contributed by atoms with Crippen LogP contribution in [0.5, 0.6) is 11.5 Å². The van der Waals surface area contributed by atoms with Gasteiger partial charge in [0.25, 0.3) is 5.91 Å². The number of aromatic nitrogens is 2. The lowest BCUT2D eigenvalue weighted by Gasteiger charge is -2.32. The molecule has 1 unspecified atom stereocenters. The van der Waals surface area contributed by atoms with Gasteiger partial charge in [-0.2, -0.15) is 0 Å². The molecule has 11 nitrogen and oxygen atoms in total. The van der Waals surface area contributed by atoms with Gasteiger partial charge in [0, 0.05) is 43.9 Å². The van der Waals surface area contributed by atoms with Crippen molar-refractivity contribution in [3.05, 3.63) is 78.4 Å². The van der Waals surface area contributed by atoms with Gasteiger partial charge in [0.05, 0.1) is 11.0 Å². The number of amides is 2. The Morgan fingerprint density at radius 3 is 2.38 bits per heavy atom. The van der Waals surface area contributed by atoms with Gasteiger partial charge in [0.15, 0.2) is 5.96 Å². The maximum atomic E-state index is 13.4. The first kappa shape index (κ1) is 28.6. The fourth-order valence-corrected chi connectivity index (χ4v) is 5.16. The average molecular weight is 569 g/mol. The van der Waals surface area contributed by atoms with Crippen molar-refractivity contribution >= 4 is 28.8 Å². The maximum Gasteiger partial charge on any atom is 0.254 e. The van der Waals surface area contributed by atoms with Crippen LogP contribution in [0.15, 0.2) is 77.8 Å². The zero-order chi connectivity index (χ0) is 29.6. The topological polar surface area (TPSA) is 158 Å². The number of likely N-dealkylation sites (N-methyl/N-ethyl adjacent to an activating group) is 1. The number of carbonyl (C=O) groups excluding carboxylic acids is 2. The second kappa shape index (κ2) is 12.7. The van der Waals surface area contributed by atoms with Crippen molar-refractivity contribution in [3.8, 4) is 22.9 Å². The van der Waals surface area contributed by atoms with Crippen molar-refractivity contribution in [2.45, 2.75) is 18.9 Å². The smallest absolute Gasteiger partial charge is 0.254 e. The van der Waals surface area contributed by atoms with Crippen LogP contribution in [0.25, 0.3) is 22.4 Å². The van der Waals surface area contributed by atoms with Crippen LogP contribution in [0.3, 0.4) is 0 Å². The van der Waals surface area contributed by atoms with Gasteiger partial charge in [-0.05, 0) is 62.4 Å². The number of guanidine groups is 1. The Hall–Kier alpha value is -4.90. The Labute approximate surface area is 244 Å². The number of imidazole rings is 1. The van der Waals surface area contributed by atoms with Crippen molar-refractivity contribution < 1.29 is 14.3 Å². The van der Waals surface area contributed by atoms with Crippen molar-refractivity contribution in [3.63, 3.8) is 0 Å². The van der Waals surface area contributed by atoms with Crippen LogP contribution >= 0.6 is 0 Å². The number of fused-ring (bicyclic) bond motifs is 1. The first-order valence-corrected chi connectivity index (χ1v) is 14.0. The molecular weight excluding hydrogens is 532 g/mol. The van der Waals surface area contributed by atoms with Crippen molar-refractivity contribution in [1.82, 2.24) is 19.4 Å². The highest BCUT2D eigenvalue weighted by molar-refractivity contribution is 5.98. The summed E-state index contributed by atoms with van der Waals surface area (Å²) >= 11 is 0. The number of hydrogen-bond acceptors (Lipinski definition) is 6. The van der Waals surface area contributed by atoms with Crippen LogP contribution in [-0.4, -0.2) is 76.9 Å². The van der Waals surface area contributed by atoms with Gasteiger partial charge in [-0.25, -0.2) is 4.98 Å². The number of primary amides is 1. The lowest BCUT2D eigenvalue weighted by Crippen LogP contribution is -2.47. The molecule has 3 aromatic carbocycles. The fraction of sp³-hybridized carbons (Fsp3) is 0.290. The summed E-state index contributed by atoms with van der Waals surface area (Å²) in [4.78, 5) is 39.3. The van der Waals surface area contributed by atoms with E-state index in [1.165, 1.54) is 0 Å². The molecule has 1 saturated heterocycles. The van der Waals surface area contributed by atoms with Crippen LogP contribution in [0.4, 0.5) is 0 Å². The van der Waals surface area contributed by atoms with Gasteiger partial charge in [-0.15, -0.1) is 0 Å². The summed E-state index contributed by atoms with van der Waals surface area (Å²) in [6, 6.07) is 21.7. The highest BCUT2D eigenvalue weighted by atomic mass is 16.5. The predicted molar refractivity (Wildman–Crippen MR) is 163 cm³/mol. The molecule has 0 radical (unpaired) electrons. The molecule has 1 aromatic heterocycles. The summed E-state index contributed by atoms with van der Waals surface area (Å²) in [5.74, 6) is 1.31. The Morgan fingerprint density at radius 1 is 0.929 bits per heavy atom. The number of piperazine rings is 1. The molecule has 2 heterocycles. The monoisotopic (exact) mass is 568 g/mol. The first-order chi connectivity index (χ1) is 20.3. The number of benzene rings is 3. The lowest BCUT2D eigenvalue weighted by molar-refractivity contribution is -0.121. The summed E-state index contributed by atoms with van der Waals surface area (Å²) in [5.41, 5.74) is 19.5. The summed E-state index contributed by atoms with van der Waals surface area (Å²) in [6.07, 6.45) is 0.925. The molecule has 1 fully saturated rings. The predicted octanol–water partition coefficient (Wildman–Crippen LogP) is 2.96. The third-order valence-corrected chi connectivity index (χ3v) is 7.37. The number of para-hydroxylation sites is 1. The van der Waals surface area contributed by atoms with Crippen LogP contribution in [0.1, 0.15) is 29.2 Å². The highest BCUT2D eigenvalue weighted by Crippen LogP contribution is 2.33. The third-order valence-electron chi connectivity index (χ3n) is 7.37. The second-order valence-electron chi connectivity index (χ2n) is 10.4. The molecule has 4 aromatic rings. The van der Waals surface area contributed by atoms with E-state index in [0.717, 1.165) is 18.7 Å². The van der Waals surface area contributed by atoms with E-state index in [0.29, 0.717) is 66.4 Å². The number of aliphatic imine (C=N–C) groups is 1. The van der Waals surface area contributed by atoms with E-state index in [2.05, 4.69) is 16.9 Å². The molecule has 11 heteroatoms. The van der Waals surface area contributed by atoms with E-state index in [4.69, 9.17) is 26.9 Å². The number of nitrogens with two attached hydrogens (primary N) is 3. The molecule has 42 heavy (non-hydrogen) atoms. The Morgan fingerprint density at radius 2 is 1.67 bits per heavy atom. The van der Waals surface area contributed by atoms with Crippen LogP contribution in [0.2, 0.25) is 0 Å². The number of hydrogen-bond donors (Lipinski definition) is 3. The van der Waals surface area contributed by atoms with Gasteiger partial charge in [-0.3, -0.25) is 14.6 Å². The van der Waals surface area contributed by atoms with Gasteiger partial charge >= 0.3 is 0 Å². The Balaban J connectivity index is 1.55. The molecule has 218 valence electrons. The van der Waals surface area contributed by atoms with Crippen molar-refractivity contribution in [2.75, 3.05) is 39.8 Å². The van der Waals surface area contributed by atoms with Crippen molar-refractivity contribution in [1.29, 1.82) is 0 Å². The van der Waals surface area contributed by atoms with E-state index in [1.807, 2.05) is 70.1 Å². The van der Waals surface area contributed by atoms with E-state index < -0.39 is 11.9 Å². The zero-order valence-electron chi connectivity index (χ0n) is 23.6. The molecule has 0 bridgehead atoms. The van der Waals surface area contributed by atoms with Crippen LogP contribution < -0.4 is 21.9 Å². The molecule has 5 rings (SSSR count). The fourth-order valence-electron chi connectivity index (χ4n) is 5.16. The number of carbonyl (C=O) groups is 2. The summed E-state index contributed by atoms with van der Waals surface area (Å²) < 4.78 is 7.92. The normalized spacial score (nSPS) is 14.5. The van der Waals surface area contributed by atoms with Gasteiger partial charge in [-0.1, -0.05) is 30.3 Å². The molecule has 1 atom stereocenters. The van der Waals surface area contributed by atoms with Gasteiger partial charge < -0.3 is 36.3 Å². The minimum Gasteiger partial charge on any atom is -0.457 e. The highest BCUT2D eigenvalue weighted by Gasteiger charge is 2.26. The molecule has 2 amide bonds. The standard InChI is InChI=1S/C31H36N8O3/c1-37-15-17-38(18-16-37)30(41)22-12-13-26-25(20-22)36-29(39(26)27(28(32)40)11-6-14-35-31(33)34)21-7-5-10-24(19-21)42-23-8-3-2-4-9-23/h2-5,7-10,12-13,19-20,27H,6,11,14-18H2,1H3,(H2,32,40)(H4,33,34,35). The Bertz CT molecular complexity index is 1590. The largest absolute Gasteiger partial charge is 0.457 e. The van der Waals surface area contributed by atoms with E-state index in [9.17, 15) is 9.59 Å². The van der Waals surface area contributed by atoms with Crippen molar-refractivity contribution in [2.24, 2.45) is 22.2 Å². The van der Waals surface area contributed by atoms with E-state index >= 15 is 0 Å². The summed E-state index contributed by atoms with van der Waals surface area (Å²) in [6.45, 7) is 3.35. The Kier molecular flexibility index (Phi) is 8.68. The van der Waals surface area contributed by atoms with Gasteiger partial charge in [0.2, 0.25) is 5.91 Å². The SMILES string of the molecule is CN1CCN(C(=O)c2ccc3c(c2)nc(-c2cccc(Oc4ccccc4)c2)n3C(CCCN=C(N)N)C(N)=O)CC1. The minimum absolute atomic E-state index is 0.00725. The van der Waals surface area contributed by atoms with E-state index in [1.54, 1.807) is 12.1 Å². The summed E-state index contributed by atoms with van der Waals surface area (Å²) in [5, 5.41) is 0. The molecule has 1 aliphatic rings. The lowest BCUT2D eigenvalue weighted by atomic mass is 10.1. The molecule has 0 spiro atoms. The molecule has 0 aliphatic carbocycles. The van der Waals surface area contributed by atoms with Crippen LogP contribution in [-0.2, 0) is 4.79 Å². The first-order valence-electron chi connectivity index (χ1n) is 14.0. The molecule has 6 N–H and O–H groups in total. The molecule has 0 saturated carbocycles. The zero-order valence-corrected chi connectivity index (χ0v) is 23.6. The number of rotatable bonds is 10. The number of nitrogens with zero attached hydrogens (tertiary/aromatic N) is 5. The van der Waals surface area contributed by atoms with E-state index in [-0.39, 0.29) is 11.9 Å². The molecule has 1 aliphatic heterocycles. The second-order valence-corrected chi connectivity index (χ2v) is 10.4. The van der Waals surface area contributed by atoms with Crippen LogP contribution in [0, 0.1) is 0 Å². The van der Waals surface area contributed by atoms with Gasteiger partial charge in [0.1, 0.15) is 23.4 Å². The maximum absolute atomic E-state index is 13.4. The number of ether oxygens (including phenoxy) is 1.